The normalized spacial score (nSPS) is 14.4. The molecule has 7 nitrogen and oxygen atoms in total. The van der Waals surface area contributed by atoms with E-state index in [0.29, 0.717) is 0 Å². The van der Waals surface area contributed by atoms with Crippen molar-refractivity contribution in [2.24, 2.45) is 0 Å². The third-order valence-corrected chi connectivity index (χ3v) is 5.13. The van der Waals surface area contributed by atoms with Gasteiger partial charge in [-0.15, -0.1) is 0 Å². The van der Waals surface area contributed by atoms with Gasteiger partial charge in [-0.05, 0) is 63.5 Å². The Kier molecular flexibility index (Phi) is 4.70. The number of aryl methyl sites for hydroxylation is 3. The first-order valence-corrected chi connectivity index (χ1v) is 9.42. The molecular formula is C20H26N6O. The zero-order valence-electron chi connectivity index (χ0n) is 16.4. The number of anilines is 1. The first-order valence-electron chi connectivity index (χ1n) is 9.42. The molecule has 142 valence electrons. The molecule has 3 aromatic rings. The van der Waals surface area contributed by atoms with Crippen molar-refractivity contribution in [3.8, 4) is 16.9 Å². The molecule has 0 radical (unpaired) electrons. The van der Waals surface area contributed by atoms with Gasteiger partial charge < -0.3 is 15.0 Å². The number of methoxy groups -OCH3 is 1. The van der Waals surface area contributed by atoms with E-state index in [-0.39, 0.29) is 0 Å². The fourth-order valence-electron chi connectivity index (χ4n) is 3.55. The third-order valence-electron chi connectivity index (χ3n) is 5.13. The number of nitrogens with zero attached hydrogens (tertiary/aromatic N) is 5. The second-order valence-corrected chi connectivity index (χ2v) is 7.09. The molecule has 4 rings (SSSR count). The van der Waals surface area contributed by atoms with Gasteiger partial charge in [0.2, 0.25) is 5.95 Å². The van der Waals surface area contributed by atoms with Crippen LogP contribution in [0.5, 0.6) is 5.75 Å². The van der Waals surface area contributed by atoms with Crippen LogP contribution in [-0.4, -0.2) is 57.8 Å². The van der Waals surface area contributed by atoms with Crippen LogP contribution in [0.1, 0.15) is 23.5 Å². The highest BCUT2D eigenvalue weighted by Crippen LogP contribution is 2.32. The van der Waals surface area contributed by atoms with Crippen LogP contribution in [0.4, 0.5) is 5.95 Å². The molecular weight excluding hydrogens is 340 g/mol. The summed E-state index contributed by atoms with van der Waals surface area (Å²) in [7, 11) is 1.68. The maximum Gasteiger partial charge on any atom is 0.227 e. The summed E-state index contributed by atoms with van der Waals surface area (Å²) in [5, 5.41) is 8.17. The molecule has 1 aliphatic rings. The molecule has 1 aromatic carbocycles. The van der Waals surface area contributed by atoms with E-state index in [1.807, 2.05) is 30.5 Å². The number of fused-ring (bicyclic) bond motifs is 1. The zero-order valence-corrected chi connectivity index (χ0v) is 16.4. The molecule has 7 heteroatoms. The van der Waals surface area contributed by atoms with Crippen LogP contribution in [0.25, 0.3) is 16.8 Å². The van der Waals surface area contributed by atoms with E-state index in [1.165, 1.54) is 19.5 Å². The lowest BCUT2D eigenvalue weighted by atomic mass is 10.0. The van der Waals surface area contributed by atoms with Gasteiger partial charge in [0, 0.05) is 18.7 Å². The lowest BCUT2D eigenvalue weighted by Gasteiger charge is -2.30. The van der Waals surface area contributed by atoms with E-state index in [2.05, 4.69) is 28.2 Å². The summed E-state index contributed by atoms with van der Waals surface area (Å²) in [4.78, 5) is 11.7. The van der Waals surface area contributed by atoms with E-state index >= 15 is 0 Å². The fourth-order valence-corrected chi connectivity index (χ4v) is 3.55. The number of aromatic nitrogens is 4. The summed E-state index contributed by atoms with van der Waals surface area (Å²) in [6.45, 7) is 10.3. The predicted octanol–water partition coefficient (Wildman–Crippen LogP) is 2.84. The van der Waals surface area contributed by atoms with Gasteiger partial charge in [-0.1, -0.05) is 6.07 Å². The van der Waals surface area contributed by atoms with Crippen LogP contribution in [0, 0.1) is 20.8 Å². The monoisotopic (exact) mass is 366 g/mol. The van der Waals surface area contributed by atoms with E-state index < -0.39 is 0 Å². The Labute approximate surface area is 159 Å². The quantitative estimate of drug-likeness (QED) is 0.724. The molecule has 0 spiro atoms. The van der Waals surface area contributed by atoms with Crippen molar-refractivity contribution in [1.29, 1.82) is 0 Å². The van der Waals surface area contributed by atoms with Gasteiger partial charge in [0.05, 0.1) is 12.8 Å². The van der Waals surface area contributed by atoms with E-state index in [1.54, 1.807) is 7.11 Å². The van der Waals surface area contributed by atoms with Crippen LogP contribution in [-0.2, 0) is 0 Å². The van der Waals surface area contributed by atoms with Gasteiger partial charge in [-0.2, -0.15) is 14.6 Å². The molecule has 0 unspecified atom stereocenters. The van der Waals surface area contributed by atoms with Crippen molar-refractivity contribution in [2.75, 3.05) is 38.6 Å². The molecule has 0 amide bonds. The minimum absolute atomic E-state index is 0.737. The summed E-state index contributed by atoms with van der Waals surface area (Å²) in [6.07, 6.45) is 1.31. The molecule has 1 aliphatic heterocycles. The Morgan fingerprint density at radius 3 is 2.63 bits per heavy atom. The molecule has 1 fully saturated rings. The molecule has 1 N–H and O–H groups in total. The highest BCUT2D eigenvalue weighted by Gasteiger charge is 2.19. The highest BCUT2D eigenvalue weighted by molar-refractivity contribution is 5.82. The van der Waals surface area contributed by atoms with Gasteiger partial charge in [0.1, 0.15) is 11.6 Å². The minimum atomic E-state index is 0.737. The summed E-state index contributed by atoms with van der Waals surface area (Å²) < 4.78 is 7.17. The smallest absolute Gasteiger partial charge is 0.227 e. The van der Waals surface area contributed by atoms with Crippen molar-refractivity contribution in [3.05, 3.63) is 35.3 Å². The average Bonchev–Trinajstić information content (AvgIpc) is 2.93. The van der Waals surface area contributed by atoms with E-state index in [9.17, 15) is 0 Å². The van der Waals surface area contributed by atoms with Gasteiger partial charge >= 0.3 is 0 Å². The van der Waals surface area contributed by atoms with Crippen molar-refractivity contribution in [2.45, 2.75) is 27.2 Å². The maximum absolute atomic E-state index is 5.34. The lowest BCUT2D eigenvalue weighted by molar-refractivity contribution is 0.189. The Morgan fingerprint density at radius 2 is 1.96 bits per heavy atom. The Morgan fingerprint density at radius 1 is 1.15 bits per heavy atom. The van der Waals surface area contributed by atoms with Crippen LogP contribution in [0.15, 0.2) is 18.2 Å². The second-order valence-electron chi connectivity index (χ2n) is 7.09. The van der Waals surface area contributed by atoms with Crippen molar-refractivity contribution in [3.63, 3.8) is 0 Å². The zero-order chi connectivity index (χ0) is 19.0. The topological polar surface area (TPSA) is 67.6 Å². The molecule has 2 aromatic heterocycles. The standard InChI is InChI=1S/C20H26N6O/c1-13-12-16(27-4)6-7-17(13)18-14(2)24-26-19(18)22-15(3)23-20(26)21-8-11-25-9-5-10-25/h6-7,12H,5,8-11H2,1-4H3,(H,21,22,23). The maximum atomic E-state index is 5.34. The van der Waals surface area contributed by atoms with Gasteiger partial charge in [-0.25, -0.2) is 4.98 Å². The molecule has 0 bridgehead atoms. The highest BCUT2D eigenvalue weighted by atomic mass is 16.5. The molecule has 0 atom stereocenters. The Balaban J connectivity index is 1.72. The summed E-state index contributed by atoms with van der Waals surface area (Å²) >= 11 is 0. The number of likely N-dealkylation sites (tertiary alicyclic amines) is 1. The van der Waals surface area contributed by atoms with Gasteiger partial charge in [0.25, 0.3) is 0 Å². The van der Waals surface area contributed by atoms with E-state index in [0.717, 1.165) is 58.6 Å². The number of ether oxygens (including phenoxy) is 1. The van der Waals surface area contributed by atoms with Crippen LogP contribution in [0.3, 0.4) is 0 Å². The second kappa shape index (κ2) is 7.15. The van der Waals surface area contributed by atoms with E-state index in [4.69, 9.17) is 14.8 Å². The van der Waals surface area contributed by atoms with Crippen molar-refractivity contribution in [1.82, 2.24) is 24.5 Å². The Hall–Kier alpha value is -2.67. The third kappa shape index (κ3) is 3.35. The minimum Gasteiger partial charge on any atom is -0.497 e. The summed E-state index contributed by atoms with van der Waals surface area (Å²) in [6, 6.07) is 6.09. The van der Waals surface area contributed by atoms with Crippen LogP contribution < -0.4 is 10.1 Å². The average molecular weight is 366 g/mol. The van der Waals surface area contributed by atoms with Gasteiger partial charge in [-0.3, -0.25) is 0 Å². The van der Waals surface area contributed by atoms with Crippen molar-refractivity contribution < 1.29 is 4.74 Å². The first kappa shape index (κ1) is 17.7. The number of rotatable bonds is 6. The number of hydrogen-bond acceptors (Lipinski definition) is 6. The fraction of sp³-hybridized carbons (Fsp3) is 0.450. The van der Waals surface area contributed by atoms with Crippen molar-refractivity contribution >= 4 is 11.6 Å². The van der Waals surface area contributed by atoms with Gasteiger partial charge in [0.15, 0.2) is 5.65 Å². The predicted molar refractivity (Wildman–Crippen MR) is 107 cm³/mol. The largest absolute Gasteiger partial charge is 0.497 e. The molecule has 27 heavy (non-hydrogen) atoms. The molecule has 0 aliphatic carbocycles. The Bertz CT molecular complexity index is 976. The molecule has 0 saturated carbocycles. The number of hydrogen-bond donors (Lipinski definition) is 1. The molecule has 3 heterocycles. The number of benzene rings is 1. The first-order chi connectivity index (χ1) is 13.1. The molecule has 1 saturated heterocycles. The van der Waals surface area contributed by atoms with Crippen LogP contribution in [0.2, 0.25) is 0 Å². The summed E-state index contributed by atoms with van der Waals surface area (Å²) in [5.41, 5.74) is 5.07. The lowest BCUT2D eigenvalue weighted by Crippen LogP contribution is -2.40. The van der Waals surface area contributed by atoms with Crippen LogP contribution >= 0.6 is 0 Å². The summed E-state index contributed by atoms with van der Waals surface area (Å²) in [5.74, 6) is 2.34. The number of nitrogens with one attached hydrogen (secondary N) is 1. The SMILES string of the molecule is COc1ccc(-c2c(C)nn3c(NCCN4CCC4)nc(C)nc23)c(C)c1.